The Morgan fingerprint density at radius 1 is 1.45 bits per heavy atom. The van der Waals surface area contributed by atoms with Crippen LogP contribution in [0.1, 0.15) is 39.5 Å². The summed E-state index contributed by atoms with van der Waals surface area (Å²) in [4.78, 5) is 11.2. The molecule has 0 saturated heterocycles. The monoisotopic (exact) mass is 273 g/mol. The number of rotatable bonds is 2. The predicted octanol–water partition coefficient (Wildman–Crippen LogP) is 2.23. The predicted molar refractivity (Wildman–Crippen MR) is 74.2 cm³/mol. The van der Waals surface area contributed by atoms with Crippen LogP contribution in [0.4, 0.5) is 10.2 Å². The highest BCUT2D eigenvalue weighted by atomic mass is 19.1. The van der Waals surface area contributed by atoms with Crippen LogP contribution in [0.5, 0.6) is 0 Å². The lowest BCUT2D eigenvalue weighted by molar-refractivity contribution is 0.112. The van der Waals surface area contributed by atoms with Crippen molar-refractivity contribution in [2.45, 2.75) is 25.2 Å². The van der Waals surface area contributed by atoms with E-state index >= 15 is 0 Å². The van der Waals surface area contributed by atoms with Crippen molar-refractivity contribution in [3.63, 3.8) is 0 Å². The summed E-state index contributed by atoms with van der Waals surface area (Å²) in [6.45, 7) is 0. The Hall–Kier alpha value is -2.17. The van der Waals surface area contributed by atoms with Crippen LogP contribution in [-0.4, -0.2) is 16.1 Å². The van der Waals surface area contributed by atoms with E-state index in [0.717, 1.165) is 30.4 Å². The van der Waals surface area contributed by atoms with Crippen LogP contribution >= 0.6 is 0 Å². The van der Waals surface area contributed by atoms with Crippen LogP contribution in [0.25, 0.3) is 0 Å². The fraction of sp³-hybridized carbons (Fsp3) is 0.333. The van der Waals surface area contributed by atoms with Gasteiger partial charge in [-0.1, -0.05) is 6.07 Å². The van der Waals surface area contributed by atoms with Crippen LogP contribution in [0.2, 0.25) is 0 Å². The van der Waals surface area contributed by atoms with E-state index in [9.17, 15) is 9.18 Å². The SMILES string of the molecule is Cn1nc(C2CCc3ccc(F)cc3C2)c(C=O)c1N. The summed E-state index contributed by atoms with van der Waals surface area (Å²) in [5.41, 5.74) is 9.23. The molecule has 3 rings (SSSR count). The summed E-state index contributed by atoms with van der Waals surface area (Å²) in [6, 6.07) is 4.91. The van der Waals surface area contributed by atoms with Gasteiger partial charge in [0.15, 0.2) is 6.29 Å². The second-order valence-corrected chi connectivity index (χ2v) is 5.28. The van der Waals surface area contributed by atoms with Crippen molar-refractivity contribution >= 4 is 12.1 Å². The molecule has 0 spiro atoms. The first-order valence-corrected chi connectivity index (χ1v) is 6.65. The van der Waals surface area contributed by atoms with Gasteiger partial charge in [0, 0.05) is 13.0 Å². The first-order chi connectivity index (χ1) is 9.60. The lowest BCUT2D eigenvalue weighted by atomic mass is 9.81. The molecule has 1 atom stereocenters. The number of fused-ring (bicyclic) bond motifs is 1. The van der Waals surface area contributed by atoms with E-state index in [2.05, 4.69) is 5.10 Å². The van der Waals surface area contributed by atoms with Gasteiger partial charge in [0.05, 0.1) is 11.3 Å². The van der Waals surface area contributed by atoms with E-state index in [1.165, 1.54) is 16.3 Å². The number of benzene rings is 1. The number of halogens is 1. The highest BCUT2D eigenvalue weighted by Crippen LogP contribution is 2.34. The van der Waals surface area contributed by atoms with Gasteiger partial charge in [0.25, 0.3) is 0 Å². The van der Waals surface area contributed by atoms with E-state index in [1.807, 2.05) is 6.07 Å². The molecule has 0 aliphatic heterocycles. The first-order valence-electron chi connectivity index (χ1n) is 6.65. The average molecular weight is 273 g/mol. The maximum Gasteiger partial charge on any atom is 0.155 e. The molecule has 0 amide bonds. The Morgan fingerprint density at radius 3 is 3.00 bits per heavy atom. The lowest BCUT2D eigenvalue weighted by Crippen LogP contribution is -2.15. The van der Waals surface area contributed by atoms with Gasteiger partial charge in [-0.2, -0.15) is 5.10 Å². The van der Waals surface area contributed by atoms with Crippen molar-refractivity contribution in [3.05, 3.63) is 46.4 Å². The molecular formula is C15H16FN3O. The number of aryl methyl sites for hydroxylation is 2. The van der Waals surface area contributed by atoms with Gasteiger partial charge in [0.1, 0.15) is 11.6 Å². The molecule has 2 aromatic rings. The largest absolute Gasteiger partial charge is 0.383 e. The Kier molecular flexibility index (Phi) is 3.04. The number of nitrogen functional groups attached to an aromatic ring is 1. The number of carbonyl (C=O) groups excluding carboxylic acids is 1. The summed E-state index contributed by atoms with van der Waals surface area (Å²) in [7, 11) is 1.72. The number of anilines is 1. The molecule has 1 aromatic carbocycles. The van der Waals surface area contributed by atoms with E-state index in [1.54, 1.807) is 13.1 Å². The number of aldehydes is 1. The third-order valence-corrected chi connectivity index (χ3v) is 4.06. The zero-order chi connectivity index (χ0) is 14.3. The molecule has 4 nitrogen and oxygen atoms in total. The number of carbonyl (C=O) groups is 1. The second-order valence-electron chi connectivity index (χ2n) is 5.28. The van der Waals surface area contributed by atoms with Crippen molar-refractivity contribution in [1.82, 2.24) is 9.78 Å². The lowest BCUT2D eigenvalue weighted by Gasteiger charge is -2.23. The minimum absolute atomic E-state index is 0.119. The summed E-state index contributed by atoms with van der Waals surface area (Å²) in [5.74, 6) is 0.286. The molecule has 2 N–H and O–H groups in total. The maximum absolute atomic E-state index is 13.3. The van der Waals surface area contributed by atoms with Gasteiger partial charge in [0.2, 0.25) is 0 Å². The first kappa shape index (κ1) is 12.8. The zero-order valence-corrected chi connectivity index (χ0v) is 11.3. The highest BCUT2D eigenvalue weighted by Gasteiger charge is 2.26. The van der Waals surface area contributed by atoms with Crippen LogP contribution in [0.3, 0.4) is 0 Å². The molecule has 104 valence electrons. The average Bonchev–Trinajstić information content (AvgIpc) is 2.73. The molecule has 1 aliphatic rings. The summed E-state index contributed by atoms with van der Waals surface area (Å²) in [5, 5.41) is 4.37. The molecule has 1 unspecified atom stereocenters. The third kappa shape index (κ3) is 1.99. The Balaban J connectivity index is 1.98. The highest BCUT2D eigenvalue weighted by molar-refractivity contribution is 5.84. The summed E-state index contributed by atoms with van der Waals surface area (Å²) in [6.07, 6.45) is 3.23. The van der Waals surface area contributed by atoms with Crippen LogP contribution in [-0.2, 0) is 19.9 Å². The molecule has 1 heterocycles. The van der Waals surface area contributed by atoms with E-state index in [0.29, 0.717) is 17.8 Å². The number of nitrogens with zero attached hydrogens (tertiary/aromatic N) is 2. The number of hydrogen-bond donors (Lipinski definition) is 1. The van der Waals surface area contributed by atoms with Gasteiger partial charge in [-0.3, -0.25) is 9.48 Å². The molecule has 0 bridgehead atoms. The summed E-state index contributed by atoms with van der Waals surface area (Å²) < 4.78 is 14.9. The molecule has 0 fully saturated rings. The fourth-order valence-electron chi connectivity index (χ4n) is 2.96. The van der Waals surface area contributed by atoms with Crippen LogP contribution in [0.15, 0.2) is 18.2 Å². The number of nitrogens with two attached hydrogens (primary N) is 1. The van der Waals surface area contributed by atoms with E-state index in [4.69, 9.17) is 5.73 Å². The Morgan fingerprint density at radius 2 is 2.25 bits per heavy atom. The quantitative estimate of drug-likeness (QED) is 0.853. The molecule has 0 radical (unpaired) electrons. The van der Waals surface area contributed by atoms with Crippen molar-refractivity contribution in [3.8, 4) is 0 Å². The molecule has 5 heteroatoms. The van der Waals surface area contributed by atoms with E-state index < -0.39 is 0 Å². The van der Waals surface area contributed by atoms with Gasteiger partial charge in [-0.25, -0.2) is 4.39 Å². The minimum atomic E-state index is -0.222. The smallest absolute Gasteiger partial charge is 0.155 e. The topological polar surface area (TPSA) is 60.9 Å². The van der Waals surface area contributed by atoms with Gasteiger partial charge < -0.3 is 5.73 Å². The van der Waals surface area contributed by atoms with Crippen LogP contribution in [0, 0.1) is 5.82 Å². The maximum atomic E-state index is 13.3. The van der Waals surface area contributed by atoms with E-state index in [-0.39, 0.29) is 11.7 Å². The molecule has 1 aliphatic carbocycles. The fourth-order valence-corrected chi connectivity index (χ4v) is 2.96. The van der Waals surface area contributed by atoms with Crippen LogP contribution < -0.4 is 5.73 Å². The second kappa shape index (κ2) is 4.74. The standard InChI is InChI=1S/C15H16FN3O/c1-19-15(17)13(8-20)14(18-19)10-3-2-9-4-5-12(16)7-11(9)6-10/h4-5,7-8,10H,2-3,6,17H2,1H3. The van der Waals surface area contributed by atoms with Gasteiger partial charge in [-0.05, 0) is 42.5 Å². The van der Waals surface area contributed by atoms with Crippen molar-refractivity contribution < 1.29 is 9.18 Å². The minimum Gasteiger partial charge on any atom is -0.383 e. The number of aromatic nitrogens is 2. The Bertz CT molecular complexity index is 678. The Labute approximate surface area is 116 Å². The van der Waals surface area contributed by atoms with Gasteiger partial charge in [-0.15, -0.1) is 0 Å². The molecular weight excluding hydrogens is 257 g/mol. The molecule has 0 saturated carbocycles. The van der Waals surface area contributed by atoms with Crippen molar-refractivity contribution in [2.24, 2.45) is 7.05 Å². The zero-order valence-electron chi connectivity index (χ0n) is 11.3. The third-order valence-electron chi connectivity index (χ3n) is 4.06. The summed E-state index contributed by atoms with van der Waals surface area (Å²) >= 11 is 0. The van der Waals surface area contributed by atoms with Gasteiger partial charge >= 0.3 is 0 Å². The molecule has 20 heavy (non-hydrogen) atoms. The number of hydrogen-bond acceptors (Lipinski definition) is 3. The molecule has 1 aromatic heterocycles. The van der Waals surface area contributed by atoms with Crippen molar-refractivity contribution in [1.29, 1.82) is 0 Å². The van der Waals surface area contributed by atoms with Crippen molar-refractivity contribution in [2.75, 3.05) is 5.73 Å². The normalized spacial score (nSPS) is 17.8.